The second-order valence-corrected chi connectivity index (χ2v) is 7.04. The Balaban J connectivity index is 1.61. The zero-order valence-corrected chi connectivity index (χ0v) is 15.4. The molecule has 28 heavy (non-hydrogen) atoms. The summed E-state index contributed by atoms with van der Waals surface area (Å²) in [6, 6.07) is 13.3. The lowest BCUT2D eigenvalue weighted by Gasteiger charge is -2.30. The highest BCUT2D eigenvalue weighted by Crippen LogP contribution is 2.35. The molecule has 144 valence electrons. The van der Waals surface area contributed by atoms with Gasteiger partial charge in [0.25, 0.3) is 5.91 Å². The number of carbonyl (C=O) groups is 2. The van der Waals surface area contributed by atoms with Gasteiger partial charge in [-0.1, -0.05) is 43.2 Å². The maximum atomic E-state index is 14.0. The molecule has 2 aromatic carbocycles. The zero-order chi connectivity index (χ0) is 19.5. The molecular weight excluding hydrogens is 359 g/mol. The van der Waals surface area contributed by atoms with Crippen LogP contribution in [0.5, 0.6) is 5.75 Å². The van der Waals surface area contributed by atoms with Gasteiger partial charge in [-0.3, -0.25) is 14.5 Å². The molecule has 5 nitrogen and oxygen atoms in total. The van der Waals surface area contributed by atoms with Crippen molar-refractivity contribution < 1.29 is 18.7 Å². The number of benzene rings is 2. The first-order valence-electron chi connectivity index (χ1n) is 9.46. The molecule has 1 saturated carbocycles. The Morgan fingerprint density at radius 1 is 1.14 bits per heavy atom. The summed E-state index contributed by atoms with van der Waals surface area (Å²) < 4.78 is 19.7. The average Bonchev–Trinajstić information content (AvgIpc) is 3.19. The molecule has 1 fully saturated rings. The third kappa shape index (κ3) is 3.76. The van der Waals surface area contributed by atoms with E-state index in [2.05, 4.69) is 5.32 Å². The molecule has 6 heteroatoms. The second-order valence-electron chi connectivity index (χ2n) is 7.04. The number of fused-ring (bicyclic) bond motifs is 1. The van der Waals surface area contributed by atoms with E-state index in [0.29, 0.717) is 11.4 Å². The number of carbonyl (C=O) groups excluding carboxylic acids is 2. The van der Waals surface area contributed by atoms with E-state index in [4.69, 9.17) is 4.74 Å². The van der Waals surface area contributed by atoms with Gasteiger partial charge in [0, 0.05) is 11.6 Å². The average molecular weight is 380 g/mol. The number of anilines is 1. The number of rotatable bonds is 4. The van der Waals surface area contributed by atoms with E-state index in [9.17, 15) is 14.0 Å². The Labute approximate surface area is 162 Å². The van der Waals surface area contributed by atoms with Crippen molar-refractivity contribution in [3.63, 3.8) is 0 Å². The quantitative estimate of drug-likeness (QED) is 0.824. The summed E-state index contributed by atoms with van der Waals surface area (Å²) in [6.07, 6.45) is 5.53. The predicted molar refractivity (Wildman–Crippen MR) is 104 cm³/mol. The van der Waals surface area contributed by atoms with Crippen LogP contribution in [-0.4, -0.2) is 24.4 Å². The minimum Gasteiger partial charge on any atom is -0.449 e. The van der Waals surface area contributed by atoms with Crippen LogP contribution in [0.2, 0.25) is 0 Å². The van der Waals surface area contributed by atoms with Gasteiger partial charge in [-0.25, -0.2) is 4.39 Å². The number of para-hydroxylation sites is 2. The fourth-order valence-electron chi connectivity index (χ4n) is 3.64. The lowest BCUT2D eigenvalue weighted by molar-refractivity contribution is -0.123. The molecule has 4 rings (SSSR count). The van der Waals surface area contributed by atoms with Crippen molar-refractivity contribution in [1.82, 2.24) is 5.32 Å². The molecule has 2 aliphatic rings. The molecule has 0 saturated heterocycles. The zero-order valence-electron chi connectivity index (χ0n) is 15.4. The molecule has 0 aromatic heterocycles. The summed E-state index contributed by atoms with van der Waals surface area (Å²) in [5.41, 5.74) is 0.778. The van der Waals surface area contributed by atoms with Crippen LogP contribution in [0.1, 0.15) is 31.2 Å². The van der Waals surface area contributed by atoms with Crippen LogP contribution in [0.15, 0.2) is 54.3 Å². The monoisotopic (exact) mass is 380 g/mol. The molecule has 0 radical (unpaired) electrons. The SMILES string of the molecule is O=C(CN1C(=O)/C(=C/c2ccccc2F)Oc2ccccc21)NC1CCCC1. The van der Waals surface area contributed by atoms with E-state index in [1.54, 1.807) is 42.5 Å². The maximum absolute atomic E-state index is 14.0. The summed E-state index contributed by atoms with van der Waals surface area (Å²) in [5.74, 6) is -0.683. The van der Waals surface area contributed by atoms with Crippen LogP contribution in [0, 0.1) is 5.82 Å². The smallest absolute Gasteiger partial charge is 0.294 e. The highest BCUT2D eigenvalue weighted by Gasteiger charge is 2.32. The molecule has 1 aliphatic carbocycles. The van der Waals surface area contributed by atoms with E-state index in [0.717, 1.165) is 25.7 Å². The topological polar surface area (TPSA) is 58.6 Å². The van der Waals surface area contributed by atoms with Crippen molar-refractivity contribution in [3.8, 4) is 5.75 Å². The molecule has 0 atom stereocenters. The minimum absolute atomic E-state index is 0.0162. The van der Waals surface area contributed by atoms with Gasteiger partial charge < -0.3 is 10.1 Å². The summed E-state index contributed by atoms with van der Waals surface area (Å²) in [5, 5.41) is 3.00. The van der Waals surface area contributed by atoms with Crippen LogP contribution in [-0.2, 0) is 9.59 Å². The summed E-state index contributed by atoms with van der Waals surface area (Å²) in [7, 11) is 0. The Bertz CT molecular complexity index is 935. The molecule has 1 heterocycles. The van der Waals surface area contributed by atoms with Gasteiger partial charge in [0.15, 0.2) is 11.5 Å². The summed E-state index contributed by atoms with van der Waals surface area (Å²) >= 11 is 0. The first-order valence-corrected chi connectivity index (χ1v) is 9.46. The Hall–Kier alpha value is -3.15. The van der Waals surface area contributed by atoms with Gasteiger partial charge >= 0.3 is 0 Å². The first-order chi connectivity index (χ1) is 13.6. The fourth-order valence-corrected chi connectivity index (χ4v) is 3.64. The molecule has 0 bridgehead atoms. The van der Waals surface area contributed by atoms with Gasteiger partial charge in [0.2, 0.25) is 5.91 Å². The third-order valence-electron chi connectivity index (χ3n) is 5.05. The van der Waals surface area contributed by atoms with Crippen molar-refractivity contribution in [2.24, 2.45) is 0 Å². The summed E-state index contributed by atoms with van der Waals surface area (Å²) in [4.78, 5) is 26.9. The predicted octanol–water partition coefficient (Wildman–Crippen LogP) is 3.65. The van der Waals surface area contributed by atoms with Gasteiger partial charge in [0.05, 0.1) is 5.69 Å². The van der Waals surface area contributed by atoms with Crippen molar-refractivity contribution in [1.29, 1.82) is 0 Å². The Morgan fingerprint density at radius 3 is 2.64 bits per heavy atom. The molecule has 1 aliphatic heterocycles. The van der Waals surface area contributed by atoms with E-state index in [1.165, 1.54) is 17.0 Å². The molecule has 0 spiro atoms. The standard InChI is InChI=1S/C22H21FN2O3/c23-17-10-4-1-7-15(17)13-20-22(27)25(18-11-5-6-12-19(18)28-20)14-21(26)24-16-8-2-3-9-16/h1,4-7,10-13,16H,2-3,8-9,14H2,(H,24,26)/b20-13-. The van der Waals surface area contributed by atoms with Crippen LogP contribution < -0.4 is 15.0 Å². The molecule has 2 amide bonds. The van der Waals surface area contributed by atoms with Crippen molar-refractivity contribution in [3.05, 3.63) is 65.7 Å². The number of hydrogen-bond donors (Lipinski definition) is 1. The number of hydrogen-bond acceptors (Lipinski definition) is 3. The van der Waals surface area contributed by atoms with Crippen LogP contribution >= 0.6 is 0 Å². The highest BCUT2D eigenvalue weighted by atomic mass is 19.1. The number of ether oxygens (including phenoxy) is 1. The summed E-state index contributed by atoms with van der Waals surface area (Å²) in [6.45, 7) is -0.107. The minimum atomic E-state index is -0.469. The normalized spacial score (nSPS) is 18.1. The van der Waals surface area contributed by atoms with E-state index >= 15 is 0 Å². The molecular formula is C22H21FN2O3. The molecule has 2 aromatic rings. The van der Waals surface area contributed by atoms with Gasteiger partial charge in [-0.05, 0) is 37.1 Å². The van der Waals surface area contributed by atoms with Crippen LogP contribution in [0.25, 0.3) is 6.08 Å². The molecule has 1 N–H and O–H groups in total. The van der Waals surface area contributed by atoms with Gasteiger partial charge in [0.1, 0.15) is 12.4 Å². The van der Waals surface area contributed by atoms with Crippen molar-refractivity contribution in [2.75, 3.05) is 11.4 Å². The third-order valence-corrected chi connectivity index (χ3v) is 5.05. The first kappa shape index (κ1) is 18.2. The van der Waals surface area contributed by atoms with E-state index < -0.39 is 11.7 Å². The van der Waals surface area contributed by atoms with Gasteiger partial charge in [-0.2, -0.15) is 0 Å². The van der Waals surface area contributed by atoms with Crippen molar-refractivity contribution in [2.45, 2.75) is 31.7 Å². The Kier molecular flexibility index (Phi) is 5.10. The highest BCUT2D eigenvalue weighted by molar-refractivity contribution is 6.12. The van der Waals surface area contributed by atoms with Crippen LogP contribution in [0.3, 0.4) is 0 Å². The largest absolute Gasteiger partial charge is 0.449 e. The van der Waals surface area contributed by atoms with Crippen molar-refractivity contribution >= 4 is 23.6 Å². The number of halogens is 1. The number of amides is 2. The molecule has 0 unspecified atom stereocenters. The Morgan fingerprint density at radius 2 is 1.86 bits per heavy atom. The van der Waals surface area contributed by atoms with E-state index in [1.807, 2.05) is 0 Å². The lowest BCUT2D eigenvalue weighted by atomic mass is 10.1. The number of nitrogens with zero attached hydrogens (tertiary/aromatic N) is 1. The fraction of sp³-hybridized carbons (Fsp3) is 0.273. The lowest BCUT2D eigenvalue weighted by Crippen LogP contribution is -2.46. The van der Waals surface area contributed by atoms with Gasteiger partial charge in [-0.15, -0.1) is 0 Å². The second kappa shape index (κ2) is 7.84. The number of nitrogens with one attached hydrogen (secondary N) is 1. The van der Waals surface area contributed by atoms with Crippen LogP contribution in [0.4, 0.5) is 10.1 Å². The maximum Gasteiger partial charge on any atom is 0.294 e. The van der Waals surface area contributed by atoms with E-state index in [-0.39, 0.29) is 29.8 Å².